The van der Waals surface area contributed by atoms with E-state index in [9.17, 15) is 0 Å². The number of hydrogen-bond acceptors (Lipinski definition) is 2. The van der Waals surface area contributed by atoms with E-state index in [0.717, 1.165) is 0 Å². The Balaban J connectivity index is 3.89. The van der Waals surface area contributed by atoms with Crippen molar-refractivity contribution in [1.29, 1.82) is 0 Å². The molecule has 10 heavy (non-hydrogen) atoms. The first-order valence-corrected chi connectivity index (χ1v) is 6.34. The smallest absolute Gasteiger partial charge is 0.331 e. The maximum Gasteiger partial charge on any atom is 0.331 e. The molecule has 62 valence electrons. The normalized spacial score (nSPS) is 13.8. The van der Waals surface area contributed by atoms with Crippen LogP contribution in [0.5, 0.6) is 0 Å². The van der Waals surface area contributed by atoms with Crippen molar-refractivity contribution in [1.82, 2.24) is 0 Å². The van der Waals surface area contributed by atoms with Crippen LogP contribution in [-0.4, -0.2) is 21.3 Å². The molecule has 0 aromatic heterocycles. The summed E-state index contributed by atoms with van der Waals surface area (Å²) in [6.07, 6.45) is 0. The van der Waals surface area contributed by atoms with Crippen LogP contribution in [0.2, 0.25) is 13.1 Å². The molecule has 0 aromatic carbocycles. The topological polar surface area (TPSA) is 18.5 Å². The molecule has 0 aromatic rings. The molecule has 0 N–H and O–H groups in total. The minimum atomic E-state index is -1.81. The molecule has 0 fully saturated rings. The molecule has 3 heteroatoms. The highest BCUT2D eigenvalue weighted by Crippen LogP contribution is 2.16. The van der Waals surface area contributed by atoms with Crippen molar-refractivity contribution >= 4 is 8.56 Å². The third kappa shape index (κ3) is 4.96. The first-order valence-electron chi connectivity index (χ1n) is 3.52. The Morgan fingerprint density at radius 3 is 1.60 bits per heavy atom. The quantitative estimate of drug-likeness (QED) is 0.579. The monoisotopic (exact) mass is 162 g/mol. The van der Waals surface area contributed by atoms with Gasteiger partial charge in [0.15, 0.2) is 0 Å². The van der Waals surface area contributed by atoms with Crippen LogP contribution in [0.15, 0.2) is 0 Å². The molecule has 2 nitrogen and oxygen atoms in total. The fraction of sp³-hybridized carbons (Fsp3) is 1.00. The van der Waals surface area contributed by atoms with Gasteiger partial charge in [-0.2, -0.15) is 0 Å². The van der Waals surface area contributed by atoms with E-state index in [1.807, 2.05) is 33.9 Å². The SMILES string of the molecule is CO[Si](C)(C)OC(C)(C)C. The second kappa shape index (κ2) is 3.03. The van der Waals surface area contributed by atoms with Crippen LogP contribution in [0.4, 0.5) is 0 Å². The maximum absolute atomic E-state index is 5.69. The second-order valence-corrected chi connectivity index (χ2v) is 7.23. The summed E-state index contributed by atoms with van der Waals surface area (Å²) in [5, 5.41) is 0. The lowest BCUT2D eigenvalue weighted by Crippen LogP contribution is -2.41. The van der Waals surface area contributed by atoms with E-state index in [2.05, 4.69) is 0 Å². The van der Waals surface area contributed by atoms with Gasteiger partial charge in [0.05, 0.1) is 5.60 Å². The van der Waals surface area contributed by atoms with Gasteiger partial charge >= 0.3 is 8.56 Å². The average Bonchev–Trinajstić information content (AvgIpc) is 1.60. The van der Waals surface area contributed by atoms with Crippen molar-refractivity contribution in [2.75, 3.05) is 7.11 Å². The van der Waals surface area contributed by atoms with Crippen LogP contribution in [0.25, 0.3) is 0 Å². The maximum atomic E-state index is 5.69. The van der Waals surface area contributed by atoms with Crippen LogP contribution in [0.1, 0.15) is 20.8 Å². The molecular formula is C7H18O2Si. The van der Waals surface area contributed by atoms with Gasteiger partial charge in [-0.3, -0.25) is 0 Å². The molecule has 0 heterocycles. The molecule has 0 aliphatic carbocycles. The number of hydrogen-bond donors (Lipinski definition) is 0. The molecule has 0 saturated heterocycles. The minimum absolute atomic E-state index is 0.0776. The molecule has 0 atom stereocenters. The van der Waals surface area contributed by atoms with Gasteiger partial charge in [-0.05, 0) is 33.9 Å². The Morgan fingerprint density at radius 2 is 1.50 bits per heavy atom. The van der Waals surface area contributed by atoms with Gasteiger partial charge in [-0.25, -0.2) is 0 Å². The minimum Gasteiger partial charge on any atom is -0.398 e. The second-order valence-electron chi connectivity index (χ2n) is 3.82. The van der Waals surface area contributed by atoms with Gasteiger partial charge in [0.2, 0.25) is 0 Å². The van der Waals surface area contributed by atoms with Crippen LogP contribution >= 0.6 is 0 Å². The molecular weight excluding hydrogens is 144 g/mol. The van der Waals surface area contributed by atoms with Gasteiger partial charge in [0.1, 0.15) is 0 Å². The van der Waals surface area contributed by atoms with Crippen molar-refractivity contribution < 1.29 is 8.85 Å². The lowest BCUT2D eigenvalue weighted by molar-refractivity contribution is 0.0800. The fourth-order valence-corrected chi connectivity index (χ4v) is 2.34. The summed E-state index contributed by atoms with van der Waals surface area (Å²) in [7, 11) is -0.106. The lowest BCUT2D eigenvalue weighted by Gasteiger charge is -2.30. The molecule has 0 saturated carbocycles. The summed E-state index contributed by atoms with van der Waals surface area (Å²) in [6.45, 7) is 10.2. The van der Waals surface area contributed by atoms with E-state index in [1.165, 1.54) is 0 Å². The Kier molecular flexibility index (Phi) is 3.07. The molecule has 0 amide bonds. The van der Waals surface area contributed by atoms with Gasteiger partial charge in [0.25, 0.3) is 0 Å². The third-order valence-electron chi connectivity index (χ3n) is 1.04. The molecule has 0 aliphatic rings. The molecule has 0 bridgehead atoms. The Morgan fingerprint density at radius 1 is 1.10 bits per heavy atom. The average molecular weight is 162 g/mol. The van der Waals surface area contributed by atoms with Crippen molar-refractivity contribution in [3.05, 3.63) is 0 Å². The predicted molar refractivity (Wildman–Crippen MR) is 45.3 cm³/mol. The predicted octanol–water partition coefficient (Wildman–Crippen LogP) is 2.15. The summed E-state index contributed by atoms with van der Waals surface area (Å²) in [6, 6.07) is 0. The highest BCUT2D eigenvalue weighted by Gasteiger charge is 2.28. The molecule has 0 radical (unpaired) electrons. The standard InChI is InChI=1S/C7H18O2Si/c1-7(2,3)9-10(5,6)8-4/h1-6H3. The zero-order valence-corrected chi connectivity index (χ0v) is 8.82. The summed E-state index contributed by atoms with van der Waals surface area (Å²) in [5.41, 5.74) is -0.0776. The van der Waals surface area contributed by atoms with E-state index in [0.29, 0.717) is 0 Å². The van der Waals surface area contributed by atoms with E-state index < -0.39 is 8.56 Å². The van der Waals surface area contributed by atoms with Crippen molar-refractivity contribution in [2.24, 2.45) is 0 Å². The first-order chi connectivity index (χ1) is 4.27. The Hall–Kier alpha value is 0.137. The Labute approximate surface area is 64.8 Å². The summed E-state index contributed by atoms with van der Waals surface area (Å²) in [5.74, 6) is 0. The van der Waals surface area contributed by atoms with Crippen molar-refractivity contribution in [3.8, 4) is 0 Å². The molecule has 0 rings (SSSR count). The van der Waals surface area contributed by atoms with Gasteiger partial charge < -0.3 is 8.85 Å². The highest BCUT2D eigenvalue weighted by molar-refractivity contribution is 6.64. The largest absolute Gasteiger partial charge is 0.398 e. The van der Waals surface area contributed by atoms with Gasteiger partial charge in [-0.1, -0.05) is 0 Å². The fourth-order valence-electron chi connectivity index (χ4n) is 0.779. The zero-order chi connectivity index (χ0) is 8.41. The van der Waals surface area contributed by atoms with Gasteiger partial charge in [-0.15, -0.1) is 0 Å². The molecule has 0 spiro atoms. The number of rotatable bonds is 2. The molecule has 0 unspecified atom stereocenters. The summed E-state index contributed by atoms with van der Waals surface area (Å²) in [4.78, 5) is 0. The van der Waals surface area contributed by atoms with Crippen LogP contribution in [-0.2, 0) is 8.85 Å². The van der Waals surface area contributed by atoms with Crippen LogP contribution in [0, 0.1) is 0 Å². The van der Waals surface area contributed by atoms with Crippen LogP contribution in [0.3, 0.4) is 0 Å². The van der Waals surface area contributed by atoms with Crippen LogP contribution < -0.4 is 0 Å². The van der Waals surface area contributed by atoms with Gasteiger partial charge in [0, 0.05) is 7.11 Å². The van der Waals surface area contributed by atoms with E-state index >= 15 is 0 Å². The van der Waals surface area contributed by atoms with E-state index in [4.69, 9.17) is 8.85 Å². The summed E-state index contributed by atoms with van der Waals surface area (Å²) < 4.78 is 10.9. The first kappa shape index (κ1) is 10.1. The van der Waals surface area contributed by atoms with E-state index in [1.54, 1.807) is 7.11 Å². The highest BCUT2D eigenvalue weighted by atomic mass is 28.4. The molecule has 0 aliphatic heterocycles. The van der Waals surface area contributed by atoms with Crippen molar-refractivity contribution in [2.45, 2.75) is 39.5 Å². The Bertz CT molecular complexity index is 105. The third-order valence-corrected chi connectivity index (χ3v) is 3.13. The summed E-state index contributed by atoms with van der Waals surface area (Å²) >= 11 is 0. The lowest BCUT2D eigenvalue weighted by atomic mass is 10.2. The van der Waals surface area contributed by atoms with E-state index in [-0.39, 0.29) is 5.60 Å². The van der Waals surface area contributed by atoms with Crippen molar-refractivity contribution in [3.63, 3.8) is 0 Å². The zero-order valence-electron chi connectivity index (χ0n) is 7.82.